The molecular formula is C12H20N2OS. The van der Waals surface area contributed by atoms with Crippen LogP contribution in [-0.4, -0.2) is 47.0 Å². The lowest BCUT2D eigenvalue weighted by Crippen LogP contribution is -2.49. The molecule has 0 unspecified atom stereocenters. The number of carbonyl (C=O) groups excluding carboxylic acids is 1. The molecule has 1 N–H and O–H groups in total. The van der Waals surface area contributed by atoms with Crippen molar-refractivity contribution in [1.82, 2.24) is 10.2 Å². The van der Waals surface area contributed by atoms with E-state index in [1.54, 1.807) is 0 Å². The van der Waals surface area contributed by atoms with Crippen LogP contribution in [0.5, 0.6) is 0 Å². The minimum Gasteiger partial charge on any atom is -0.335 e. The van der Waals surface area contributed by atoms with Crippen LogP contribution >= 0.6 is 11.8 Å². The van der Waals surface area contributed by atoms with Gasteiger partial charge in [-0.15, -0.1) is 0 Å². The number of hydrogen-bond acceptors (Lipinski definition) is 3. The van der Waals surface area contributed by atoms with Crippen molar-refractivity contribution in [3.63, 3.8) is 0 Å². The molecule has 0 bridgehead atoms. The Labute approximate surface area is 101 Å². The Hall–Kier alpha value is -0.220. The molecule has 2 atom stereocenters. The fourth-order valence-corrected chi connectivity index (χ4v) is 4.03. The number of amides is 1. The Morgan fingerprint density at radius 1 is 1.19 bits per heavy atom. The van der Waals surface area contributed by atoms with Gasteiger partial charge < -0.3 is 10.2 Å². The Morgan fingerprint density at radius 2 is 2.06 bits per heavy atom. The van der Waals surface area contributed by atoms with Crippen LogP contribution < -0.4 is 5.32 Å². The molecule has 1 amide bonds. The van der Waals surface area contributed by atoms with Gasteiger partial charge in [-0.25, -0.2) is 0 Å². The van der Waals surface area contributed by atoms with Gasteiger partial charge in [-0.05, 0) is 44.4 Å². The van der Waals surface area contributed by atoms with Crippen molar-refractivity contribution in [3.8, 4) is 0 Å². The third kappa shape index (κ3) is 2.09. The molecule has 2 saturated heterocycles. The first-order chi connectivity index (χ1) is 7.86. The summed E-state index contributed by atoms with van der Waals surface area (Å²) in [6.45, 7) is 1.02. The third-order valence-electron chi connectivity index (χ3n) is 3.85. The van der Waals surface area contributed by atoms with E-state index in [9.17, 15) is 4.79 Å². The summed E-state index contributed by atoms with van der Waals surface area (Å²) in [5, 5.41) is 3.34. The van der Waals surface area contributed by atoms with E-state index >= 15 is 0 Å². The van der Waals surface area contributed by atoms with Gasteiger partial charge in [-0.2, -0.15) is 11.8 Å². The van der Waals surface area contributed by atoms with Gasteiger partial charge in [0.2, 0.25) is 5.91 Å². The highest BCUT2D eigenvalue weighted by Crippen LogP contribution is 2.34. The van der Waals surface area contributed by atoms with Crippen LogP contribution in [-0.2, 0) is 4.79 Å². The average Bonchev–Trinajstić information content (AvgIpc) is 2.83. The predicted octanol–water partition coefficient (Wildman–Crippen LogP) is 1.23. The summed E-state index contributed by atoms with van der Waals surface area (Å²) in [6, 6.07) is 1.25. The van der Waals surface area contributed by atoms with Gasteiger partial charge in [0.15, 0.2) is 0 Å². The molecule has 0 radical (unpaired) electrons. The molecule has 3 fully saturated rings. The molecule has 90 valence electrons. The second-order valence-electron chi connectivity index (χ2n) is 5.14. The fourth-order valence-electron chi connectivity index (χ4n) is 2.83. The molecule has 2 aliphatic heterocycles. The fraction of sp³-hybridized carbons (Fsp3) is 0.917. The summed E-state index contributed by atoms with van der Waals surface area (Å²) in [7, 11) is 0. The SMILES string of the molecule is O=C([C@@H]1CCCN1)N(C1CC1)[C@H]1CCSC1. The summed E-state index contributed by atoms with van der Waals surface area (Å²) in [5.41, 5.74) is 0. The quantitative estimate of drug-likeness (QED) is 0.805. The molecule has 4 heteroatoms. The molecular weight excluding hydrogens is 220 g/mol. The van der Waals surface area contributed by atoms with Gasteiger partial charge >= 0.3 is 0 Å². The first-order valence-corrected chi connectivity index (χ1v) is 7.65. The number of rotatable bonds is 3. The number of nitrogens with one attached hydrogen (secondary N) is 1. The van der Waals surface area contributed by atoms with Crippen molar-refractivity contribution >= 4 is 17.7 Å². The summed E-state index contributed by atoms with van der Waals surface area (Å²) >= 11 is 2.00. The van der Waals surface area contributed by atoms with E-state index < -0.39 is 0 Å². The smallest absolute Gasteiger partial charge is 0.240 e. The second kappa shape index (κ2) is 4.57. The third-order valence-corrected chi connectivity index (χ3v) is 5.00. The Morgan fingerprint density at radius 3 is 2.62 bits per heavy atom. The summed E-state index contributed by atoms with van der Waals surface area (Å²) < 4.78 is 0. The van der Waals surface area contributed by atoms with Gasteiger partial charge in [0, 0.05) is 17.8 Å². The lowest BCUT2D eigenvalue weighted by molar-refractivity contribution is -0.135. The molecule has 1 saturated carbocycles. The highest BCUT2D eigenvalue weighted by Gasteiger charge is 2.41. The van der Waals surface area contributed by atoms with Gasteiger partial charge in [-0.1, -0.05) is 0 Å². The largest absolute Gasteiger partial charge is 0.335 e. The van der Waals surface area contributed by atoms with Crippen LogP contribution in [0, 0.1) is 0 Å². The standard InChI is InChI=1S/C12H20N2OS/c15-12(11-2-1-6-13-11)14(9-3-4-9)10-5-7-16-8-10/h9-11,13H,1-8H2/t10-,11-/m0/s1. The first kappa shape index (κ1) is 10.9. The van der Waals surface area contributed by atoms with E-state index in [1.807, 2.05) is 11.8 Å². The minimum atomic E-state index is 0.131. The van der Waals surface area contributed by atoms with Crippen molar-refractivity contribution in [2.24, 2.45) is 0 Å². The molecule has 3 nitrogen and oxygen atoms in total. The van der Waals surface area contributed by atoms with Crippen LogP contribution in [0.4, 0.5) is 0 Å². The van der Waals surface area contributed by atoms with Gasteiger partial charge in [0.05, 0.1) is 6.04 Å². The Bertz CT molecular complexity index is 268. The maximum Gasteiger partial charge on any atom is 0.240 e. The topological polar surface area (TPSA) is 32.3 Å². The zero-order chi connectivity index (χ0) is 11.0. The monoisotopic (exact) mass is 240 g/mol. The Kier molecular flexibility index (Phi) is 3.11. The van der Waals surface area contributed by atoms with Gasteiger partial charge in [-0.3, -0.25) is 4.79 Å². The molecule has 3 aliphatic rings. The normalized spacial score (nSPS) is 34.2. The van der Waals surface area contributed by atoms with E-state index in [0.717, 1.165) is 25.1 Å². The molecule has 0 aromatic rings. The zero-order valence-corrected chi connectivity index (χ0v) is 10.5. The molecule has 1 aliphatic carbocycles. The second-order valence-corrected chi connectivity index (χ2v) is 6.29. The summed E-state index contributed by atoms with van der Waals surface area (Å²) in [5.74, 6) is 2.79. The number of hydrogen-bond donors (Lipinski definition) is 1. The molecule has 0 aromatic carbocycles. The lowest BCUT2D eigenvalue weighted by atomic mass is 10.1. The molecule has 2 heterocycles. The summed E-state index contributed by atoms with van der Waals surface area (Å²) in [4.78, 5) is 14.7. The van der Waals surface area contributed by atoms with Crippen molar-refractivity contribution in [1.29, 1.82) is 0 Å². The zero-order valence-electron chi connectivity index (χ0n) is 9.65. The van der Waals surface area contributed by atoms with E-state index in [1.165, 1.54) is 25.0 Å². The predicted molar refractivity (Wildman–Crippen MR) is 66.6 cm³/mol. The van der Waals surface area contributed by atoms with E-state index in [-0.39, 0.29) is 6.04 Å². The molecule has 3 rings (SSSR count). The van der Waals surface area contributed by atoms with Crippen molar-refractivity contribution in [2.45, 2.75) is 50.2 Å². The maximum absolute atomic E-state index is 12.5. The van der Waals surface area contributed by atoms with Gasteiger partial charge in [0.1, 0.15) is 0 Å². The van der Waals surface area contributed by atoms with Gasteiger partial charge in [0.25, 0.3) is 0 Å². The maximum atomic E-state index is 12.5. The highest BCUT2D eigenvalue weighted by atomic mass is 32.2. The van der Waals surface area contributed by atoms with Crippen LogP contribution in [0.2, 0.25) is 0 Å². The van der Waals surface area contributed by atoms with Crippen molar-refractivity contribution in [2.75, 3.05) is 18.1 Å². The van der Waals surface area contributed by atoms with Crippen molar-refractivity contribution < 1.29 is 4.79 Å². The van der Waals surface area contributed by atoms with Crippen molar-refractivity contribution in [3.05, 3.63) is 0 Å². The molecule has 16 heavy (non-hydrogen) atoms. The summed E-state index contributed by atoms with van der Waals surface area (Å²) in [6.07, 6.45) is 5.88. The van der Waals surface area contributed by atoms with E-state index in [4.69, 9.17) is 0 Å². The number of carbonyl (C=O) groups is 1. The molecule has 0 spiro atoms. The number of nitrogens with zero attached hydrogens (tertiary/aromatic N) is 1. The van der Waals surface area contributed by atoms with Crippen LogP contribution in [0.25, 0.3) is 0 Å². The average molecular weight is 240 g/mol. The van der Waals surface area contributed by atoms with E-state index in [2.05, 4.69) is 10.2 Å². The minimum absolute atomic E-state index is 0.131. The highest BCUT2D eigenvalue weighted by molar-refractivity contribution is 7.99. The molecule has 0 aromatic heterocycles. The van der Waals surface area contributed by atoms with Crippen LogP contribution in [0.3, 0.4) is 0 Å². The van der Waals surface area contributed by atoms with Crippen LogP contribution in [0.1, 0.15) is 32.1 Å². The lowest BCUT2D eigenvalue weighted by Gasteiger charge is -2.31. The Balaban J connectivity index is 1.68. The van der Waals surface area contributed by atoms with Crippen LogP contribution in [0.15, 0.2) is 0 Å². The van der Waals surface area contributed by atoms with E-state index in [0.29, 0.717) is 18.0 Å². The first-order valence-electron chi connectivity index (χ1n) is 6.49. The number of thioether (sulfide) groups is 1.